The van der Waals surface area contributed by atoms with Gasteiger partial charge in [-0.25, -0.2) is 0 Å². The minimum Gasteiger partial charge on any atom is -0.494 e. The molecule has 3 rings (SSSR count). The van der Waals surface area contributed by atoms with Crippen LogP contribution in [0.2, 0.25) is 0 Å². The molecule has 0 radical (unpaired) electrons. The van der Waals surface area contributed by atoms with Crippen molar-refractivity contribution in [2.24, 2.45) is 17.6 Å². The average molecular weight is 435 g/mol. The zero-order valence-electron chi connectivity index (χ0n) is 18.0. The molecule has 0 spiro atoms. The van der Waals surface area contributed by atoms with E-state index in [4.69, 9.17) is 20.7 Å². The van der Waals surface area contributed by atoms with Crippen molar-refractivity contribution in [1.29, 1.82) is 0 Å². The standard InChI is InChI=1S/C17H24N2O2.C6H10O4/c18-17(20)13-5-7-16(8-6-13)21-10-2-9-19-11-14-3-1-4-15(14)12-19;7-5(8)3-1-2-4-6(9)10/h5-8,14-15H,1-4,9-12H2,(H2,18,20);1-4H2,(H,7,8)(H,9,10)/t14-,15+;. The zero-order valence-corrected chi connectivity index (χ0v) is 18.0. The molecular weight excluding hydrogens is 400 g/mol. The lowest BCUT2D eigenvalue weighted by atomic mass is 10.0. The highest BCUT2D eigenvalue weighted by Crippen LogP contribution is 2.37. The Bertz CT molecular complexity index is 693. The summed E-state index contributed by atoms with van der Waals surface area (Å²) in [6.45, 7) is 4.43. The molecule has 1 heterocycles. The molecule has 1 saturated carbocycles. The molecular formula is C23H34N2O6. The van der Waals surface area contributed by atoms with E-state index in [2.05, 4.69) is 4.90 Å². The van der Waals surface area contributed by atoms with E-state index in [0.717, 1.165) is 37.2 Å². The number of nitrogens with two attached hydrogens (primary N) is 1. The normalized spacial score (nSPS) is 19.9. The van der Waals surface area contributed by atoms with Crippen LogP contribution >= 0.6 is 0 Å². The van der Waals surface area contributed by atoms with E-state index in [1.807, 2.05) is 0 Å². The van der Waals surface area contributed by atoms with Crippen LogP contribution in [-0.2, 0) is 9.59 Å². The van der Waals surface area contributed by atoms with Crippen LogP contribution < -0.4 is 10.5 Å². The zero-order chi connectivity index (χ0) is 22.6. The van der Waals surface area contributed by atoms with Crippen molar-refractivity contribution in [3.63, 3.8) is 0 Å². The van der Waals surface area contributed by atoms with Gasteiger partial charge in [-0.15, -0.1) is 0 Å². The molecule has 0 bridgehead atoms. The fourth-order valence-electron chi connectivity index (χ4n) is 4.26. The third-order valence-electron chi connectivity index (χ3n) is 5.86. The molecule has 172 valence electrons. The van der Waals surface area contributed by atoms with Gasteiger partial charge in [0.05, 0.1) is 6.61 Å². The summed E-state index contributed by atoms with van der Waals surface area (Å²) in [5.41, 5.74) is 5.73. The molecule has 1 saturated heterocycles. The van der Waals surface area contributed by atoms with Crippen molar-refractivity contribution in [3.8, 4) is 5.75 Å². The van der Waals surface area contributed by atoms with Gasteiger partial charge in [-0.05, 0) is 68.2 Å². The van der Waals surface area contributed by atoms with Gasteiger partial charge >= 0.3 is 11.9 Å². The Morgan fingerprint density at radius 2 is 1.48 bits per heavy atom. The SMILES string of the molecule is NC(=O)c1ccc(OCCCN2C[C@H]3CCC[C@H]3C2)cc1.O=C(O)CCCCC(=O)O. The van der Waals surface area contributed by atoms with Crippen molar-refractivity contribution in [2.45, 2.75) is 51.4 Å². The number of carbonyl (C=O) groups excluding carboxylic acids is 1. The molecule has 8 nitrogen and oxygen atoms in total. The largest absolute Gasteiger partial charge is 0.494 e. The number of nitrogens with zero attached hydrogens (tertiary/aromatic N) is 1. The van der Waals surface area contributed by atoms with Gasteiger partial charge in [-0.1, -0.05) is 6.42 Å². The molecule has 4 N–H and O–H groups in total. The number of primary amides is 1. The first kappa shape index (κ1) is 24.7. The molecule has 1 aromatic rings. The topological polar surface area (TPSA) is 130 Å². The molecule has 31 heavy (non-hydrogen) atoms. The second-order valence-electron chi connectivity index (χ2n) is 8.30. The number of unbranched alkanes of at least 4 members (excludes halogenated alkanes) is 1. The summed E-state index contributed by atoms with van der Waals surface area (Å²) < 4.78 is 5.72. The van der Waals surface area contributed by atoms with Crippen LogP contribution in [0.3, 0.4) is 0 Å². The Hall–Kier alpha value is -2.61. The smallest absolute Gasteiger partial charge is 0.303 e. The van der Waals surface area contributed by atoms with E-state index in [-0.39, 0.29) is 12.8 Å². The van der Waals surface area contributed by atoms with Crippen LogP contribution in [-0.4, -0.2) is 59.2 Å². The number of aliphatic carboxylic acids is 2. The fourth-order valence-corrected chi connectivity index (χ4v) is 4.26. The highest BCUT2D eigenvalue weighted by molar-refractivity contribution is 5.92. The second kappa shape index (κ2) is 12.9. The lowest BCUT2D eigenvalue weighted by Gasteiger charge is -2.16. The highest BCUT2D eigenvalue weighted by atomic mass is 16.5. The molecule has 1 amide bonds. The van der Waals surface area contributed by atoms with E-state index in [0.29, 0.717) is 18.4 Å². The minimum atomic E-state index is -0.870. The van der Waals surface area contributed by atoms with Crippen molar-refractivity contribution in [3.05, 3.63) is 29.8 Å². The third-order valence-corrected chi connectivity index (χ3v) is 5.86. The van der Waals surface area contributed by atoms with Crippen LogP contribution in [0.15, 0.2) is 24.3 Å². The van der Waals surface area contributed by atoms with E-state index < -0.39 is 17.8 Å². The Kier molecular flexibility index (Phi) is 10.3. The van der Waals surface area contributed by atoms with Crippen molar-refractivity contribution >= 4 is 17.8 Å². The number of benzene rings is 1. The predicted octanol–water partition coefficient (Wildman–Crippen LogP) is 3.00. The first-order valence-electron chi connectivity index (χ1n) is 11.0. The van der Waals surface area contributed by atoms with Crippen LogP contribution in [0.4, 0.5) is 0 Å². The number of fused-ring (bicyclic) bond motifs is 1. The molecule has 1 aliphatic heterocycles. The monoisotopic (exact) mass is 434 g/mol. The lowest BCUT2D eigenvalue weighted by Crippen LogP contribution is -2.24. The number of amides is 1. The molecule has 2 aliphatic rings. The predicted molar refractivity (Wildman–Crippen MR) is 116 cm³/mol. The van der Waals surface area contributed by atoms with Gasteiger partial charge < -0.3 is 25.6 Å². The Balaban J connectivity index is 0.000000291. The summed E-state index contributed by atoms with van der Waals surface area (Å²) in [6, 6.07) is 7.03. The summed E-state index contributed by atoms with van der Waals surface area (Å²) in [4.78, 5) is 33.4. The third kappa shape index (κ3) is 9.38. The molecule has 2 atom stereocenters. The number of carboxylic acids is 2. The number of hydrogen-bond donors (Lipinski definition) is 3. The maximum atomic E-state index is 11.0. The van der Waals surface area contributed by atoms with E-state index in [1.54, 1.807) is 24.3 Å². The minimum absolute atomic E-state index is 0.0628. The van der Waals surface area contributed by atoms with E-state index in [9.17, 15) is 14.4 Å². The van der Waals surface area contributed by atoms with Gasteiger partial charge in [0.1, 0.15) is 5.75 Å². The van der Waals surface area contributed by atoms with Crippen LogP contribution in [0.5, 0.6) is 5.75 Å². The van der Waals surface area contributed by atoms with Crippen LogP contribution in [0.1, 0.15) is 61.7 Å². The van der Waals surface area contributed by atoms with Crippen LogP contribution in [0, 0.1) is 11.8 Å². The second-order valence-corrected chi connectivity index (χ2v) is 8.30. The summed E-state index contributed by atoms with van der Waals surface area (Å²) in [7, 11) is 0. The quantitative estimate of drug-likeness (QED) is 0.456. The fraction of sp³-hybridized carbons (Fsp3) is 0.609. The number of carboxylic acid groups (broad SMARTS) is 2. The van der Waals surface area contributed by atoms with Gasteiger partial charge in [-0.3, -0.25) is 14.4 Å². The number of likely N-dealkylation sites (tertiary alicyclic amines) is 1. The van der Waals surface area contributed by atoms with Crippen molar-refractivity contribution in [1.82, 2.24) is 4.90 Å². The first-order valence-corrected chi connectivity index (χ1v) is 11.0. The molecule has 2 fully saturated rings. The van der Waals surface area contributed by atoms with Gasteiger partial charge in [0, 0.05) is 38.0 Å². The molecule has 1 aromatic carbocycles. The molecule has 0 unspecified atom stereocenters. The van der Waals surface area contributed by atoms with Crippen molar-refractivity contribution in [2.75, 3.05) is 26.2 Å². The lowest BCUT2D eigenvalue weighted by molar-refractivity contribution is -0.139. The maximum Gasteiger partial charge on any atom is 0.303 e. The van der Waals surface area contributed by atoms with Crippen LogP contribution in [0.25, 0.3) is 0 Å². The summed E-state index contributed by atoms with van der Waals surface area (Å²) in [5.74, 6) is 0.592. The number of ether oxygens (including phenoxy) is 1. The van der Waals surface area contributed by atoms with E-state index >= 15 is 0 Å². The first-order chi connectivity index (χ1) is 14.8. The van der Waals surface area contributed by atoms with Gasteiger partial charge in [0.2, 0.25) is 5.91 Å². The van der Waals surface area contributed by atoms with Gasteiger partial charge in [-0.2, -0.15) is 0 Å². The maximum absolute atomic E-state index is 11.0. The molecule has 1 aliphatic carbocycles. The summed E-state index contributed by atoms with van der Waals surface area (Å²) in [5, 5.41) is 16.3. The number of carbonyl (C=O) groups is 3. The van der Waals surface area contributed by atoms with Gasteiger partial charge in [0.15, 0.2) is 0 Å². The van der Waals surface area contributed by atoms with Crippen molar-refractivity contribution < 1.29 is 29.3 Å². The Morgan fingerprint density at radius 3 is 1.97 bits per heavy atom. The summed E-state index contributed by atoms with van der Waals surface area (Å²) >= 11 is 0. The van der Waals surface area contributed by atoms with E-state index in [1.165, 1.54) is 32.4 Å². The average Bonchev–Trinajstić information content (AvgIpc) is 3.31. The van der Waals surface area contributed by atoms with Gasteiger partial charge in [0.25, 0.3) is 0 Å². The Labute approximate surface area is 183 Å². The Morgan fingerprint density at radius 1 is 0.935 bits per heavy atom. The number of rotatable bonds is 11. The molecule has 8 heteroatoms. The number of hydrogen-bond acceptors (Lipinski definition) is 5. The highest BCUT2D eigenvalue weighted by Gasteiger charge is 2.35. The summed E-state index contributed by atoms with van der Waals surface area (Å²) in [6.07, 6.45) is 6.38. The molecule has 0 aromatic heterocycles.